The topological polar surface area (TPSA) is 15.3 Å². The van der Waals surface area contributed by atoms with Gasteiger partial charge in [0.2, 0.25) is 0 Å². The lowest BCUT2D eigenvalue weighted by atomic mass is 10.0. The third-order valence-electron chi connectivity index (χ3n) is 3.19. The van der Waals surface area contributed by atoms with Gasteiger partial charge in [-0.1, -0.05) is 12.1 Å². The van der Waals surface area contributed by atoms with Gasteiger partial charge in [0.25, 0.3) is 6.43 Å². The van der Waals surface area contributed by atoms with Crippen molar-refractivity contribution in [1.82, 2.24) is 10.2 Å². The van der Waals surface area contributed by atoms with Crippen LogP contribution in [0.2, 0.25) is 0 Å². The number of alkyl halides is 2. The third kappa shape index (κ3) is 3.23. The summed E-state index contributed by atoms with van der Waals surface area (Å²) in [5.74, 6) is 0. The van der Waals surface area contributed by atoms with Crippen LogP contribution in [0.25, 0.3) is 0 Å². The maximum Gasteiger partial charge on any atom is 0.264 e. The normalized spacial score (nSPS) is 17.6. The van der Waals surface area contributed by atoms with Crippen molar-refractivity contribution >= 4 is 0 Å². The molecule has 0 unspecified atom stereocenters. The van der Waals surface area contributed by atoms with Crippen molar-refractivity contribution < 1.29 is 8.78 Å². The molecule has 2 nitrogen and oxygen atoms in total. The number of nitrogens with zero attached hydrogens (tertiary/aromatic N) is 1. The van der Waals surface area contributed by atoms with Crippen molar-refractivity contribution in [3.63, 3.8) is 0 Å². The summed E-state index contributed by atoms with van der Waals surface area (Å²) in [6, 6.07) is 5.38. The quantitative estimate of drug-likeness (QED) is 0.872. The van der Waals surface area contributed by atoms with Gasteiger partial charge in [0, 0.05) is 38.3 Å². The standard InChI is InChI=1S/C13H18F2N2/c1-10-2-3-11(8-12(10)13(14)15)9-17-6-4-16-5-7-17/h2-3,8,13,16H,4-7,9H2,1H3. The summed E-state index contributed by atoms with van der Waals surface area (Å²) >= 11 is 0. The van der Waals surface area contributed by atoms with Gasteiger partial charge in [-0.3, -0.25) is 4.90 Å². The molecule has 1 saturated heterocycles. The van der Waals surface area contributed by atoms with Crippen LogP contribution in [0.4, 0.5) is 8.78 Å². The molecule has 0 amide bonds. The number of benzene rings is 1. The molecule has 1 fully saturated rings. The maximum absolute atomic E-state index is 12.8. The number of hydrogen-bond donors (Lipinski definition) is 1. The fourth-order valence-corrected chi connectivity index (χ4v) is 2.15. The molecular formula is C13H18F2N2. The van der Waals surface area contributed by atoms with Crippen molar-refractivity contribution in [1.29, 1.82) is 0 Å². The van der Waals surface area contributed by atoms with Gasteiger partial charge in [0.15, 0.2) is 0 Å². The molecule has 0 spiro atoms. The zero-order chi connectivity index (χ0) is 12.3. The molecule has 0 radical (unpaired) electrons. The highest BCUT2D eigenvalue weighted by molar-refractivity contribution is 5.32. The van der Waals surface area contributed by atoms with Crippen LogP contribution >= 0.6 is 0 Å². The van der Waals surface area contributed by atoms with E-state index >= 15 is 0 Å². The van der Waals surface area contributed by atoms with E-state index in [0.717, 1.165) is 38.3 Å². The Hall–Kier alpha value is -1.00. The molecule has 2 rings (SSSR count). The van der Waals surface area contributed by atoms with Crippen LogP contribution in [-0.2, 0) is 6.54 Å². The van der Waals surface area contributed by atoms with Gasteiger partial charge >= 0.3 is 0 Å². The highest BCUT2D eigenvalue weighted by Crippen LogP contribution is 2.24. The van der Waals surface area contributed by atoms with Crippen LogP contribution in [0, 0.1) is 6.92 Å². The summed E-state index contributed by atoms with van der Waals surface area (Å²) < 4.78 is 25.5. The highest BCUT2D eigenvalue weighted by atomic mass is 19.3. The minimum atomic E-state index is -2.38. The average molecular weight is 240 g/mol. The summed E-state index contributed by atoms with van der Waals surface area (Å²) in [5, 5.41) is 3.28. The average Bonchev–Trinajstić information content (AvgIpc) is 2.32. The number of piperazine rings is 1. The lowest BCUT2D eigenvalue weighted by molar-refractivity contribution is 0.150. The van der Waals surface area contributed by atoms with Gasteiger partial charge in [-0.25, -0.2) is 8.78 Å². The maximum atomic E-state index is 12.8. The van der Waals surface area contributed by atoms with E-state index in [1.165, 1.54) is 0 Å². The summed E-state index contributed by atoms with van der Waals surface area (Å²) in [6.45, 7) is 6.43. The monoisotopic (exact) mass is 240 g/mol. The van der Waals surface area contributed by atoms with Gasteiger partial charge in [-0.15, -0.1) is 0 Å². The number of rotatable bonds is 3. The van der Waals surface area contributed by atoms with Crippen LogP contribution in [0.3, 0.4) is 0 Å². The molecular weight excluding hydrogens is 222 g/mol. The van der Waals surface area contributed by atoms with Crippen LogP contribution < -0.4 is 5.32 Å². The predicted octanol–water partition coefficient (Wildman–Crippen LogP) is 2.34. The van der Waals surface area contributed by atoms with E-state index in [1.807, 2.05) is 6.07 Å². The first-order valence-electron chi connectivity index (χ1n) is 5.97. The van der Waals surface area contributed by atoms with Gasteiger partial charge in [-0.05, 0) is 24.1 Å². The fourth-order valence-electron chi connectivity index (χ4n) is 2.15. The first kappa shape index (κ1) is 12.5. The highest BCUT2D eigenvalue weighted by Gasteiger charge is 2.13. The molecule has 1 N–H and O–H groups in total. The number of halogens is 2. The predicted molar refractivity (Wildman–Crippen MR) is 64.3 cm³/mol. The van der Waals surface area contributed by atoms with Gasteiger partial charge < -0.3 is 5.32 Å². The molecule has 1 aromatic carbocycles. The van der Waals surface area contributed by atoms with Gasteiger partial charge in [0.05, 0.1) is 0 Å². The number of hydrogen-bond acceptors (Lipinski definition) is 2. The molecule has 0 aromatic heterocycles. The van der Waals surface area contributed by atoms with Gasteiger partial charge in [-0.2, -0.15) is 0 Å². The van der Waals surface area contributed by atoms with E-state index in [2.05, 4.69) is 10.2 Å². The summed E-state index contributed by atoms with van der Waals surface area (Å²) in [7, 11) is 0. The van der Waals surface area contributed by atoms with Crippen LogP contribution in [0.15, 0.2) is 18.2 Å². The van der Waals surface area contributed by atoms with Crippen molar-refractivity contribution in [3.05, 3.63) is 34.9 Å². The molecule has 0 bridgehead atoms. The van der Waals surface area contributed by atoms with Crippen molar-refractivity contribution in [2.45, 2.75) is 19.9 Å². The Labute approximate surface area is 101 Å². The van der Waals surface area contributed by atoms with E-state index in [0.29, 0.717) is 5.56 Å². The van der Waals surface area contributed by atoms with Crippen LogP contribution in [0.5, 0.6) is 0 Å². The van der Waals surface area contributed by atoms with Crippen LogP contribution in [0.1, 0.15) is 23.1 Å². The SMILES string of the molecule is Cc1ccc(CN2CCNCC2)cc1C(F)F. The van der Waals surface area contributed by atoms with E-state index in [-0.39, 0.29) is 5.56 Å². The summed E-state index contributed by atoms with van der Waals surface area (Å²) in [6.07, 6.45) is -2.38. The van der Waals surface area contributed by atoms with E-state index in [1.54, 1.807) is 19.1 Å². The molecule has 1 aromatic rings. The lowest BCUT2D eigenvalue weighted by Crippen LogP contribution is -2.42. The molecule has 1 heterocycles. The van der Waals surface area contributed by atoms with E-state index in [9.17, 15) is 8.78 Å². The zero-order valence-corrected chi connectivity index (χ0v) is 10.0. The lowest BCUT2D eigenvalue weighted by Gasteiger charge is -2.27. The molecule has 94 valence electrons. The van der Waals surface area contributed by atoms with E-state index < -0.39 is 6.43 Å². The second kappa shape index (κ2) is 5.56. The van der Waals surface area contributed by atoms with Gasteiger partial charge in [0.1, 0.15) is 0 Å². The minimum Gasteiger partial charge on any atom is -0.314 e. The Morgan fingerprint density at radius 1 is 1.29 bits per heavy atom. The zero-order valence-electron chi connectivity index (χ0n) is 10.0. The summed E-state index contributed by atoms with van der Waals surface area (Å²) in [5.41, 5.74) is 1.81. The van der Waals surface area contributed by atoms with Crippen molar-refractivity contribution in [2.24, 2.45) is 0 Å². The molecule has 17 heavy (non-hydrogen) atoms. The largest absolute Gasteiger partial charge is 0.314 e. The Balaban J connectivity index is 2.07. The minimum absolute atomic E-state index is 0.164. The Kier molecular flexibility index (Phi) is 4.07. The van der Waals surface area contributed by atoms with E-state index in [4.69, 9.17) is 0 Å². The second-order valence-electron chi connectivity index (χ2n) is 4.52. The molecule has 4 heteroatoms. The first-order chi connectivity index (χ1) is 8.16. The number of nitrogens with one attached hydrogen (secondary N) is 1. The third-order valence-corrected chi connectivity index (χ3v) is 3.19. The Morgan fingerprint density at radius 2 is 2.00 bits per heavy atom. The Morgan fingerprint density at radius 3 is 2.65 bits per heavy atom. The molecule has 0 aliphatic carbocycles. The molecule has 1 aliphatic rings. The fraction of sp³-hybridized carbons (Fsp3) is 0.538. The van der Waals surface area contributed by atoms with Crippen molar-refractivity contribution in [3.8, 4) is 0 Å². The Bertz CT molecular complexity index is 374. The number of aryl methyl sites for hydroxylation is 1. The first-order valence-corrected chi connectivity index (χ1v) is 5.97. The molecule has 1 aliphatic heterocycles. The summed E-state index contributed by atoms with van der Waals surface area (Å²) in [4.78, 5) is 2.29. The molecule has 0 saturated carbocycles. The molecule has 0 atom stereocenters. The van der Waals surface area contributed by atoms with Crippen LogP contribution in [-0.4, -0.2) is 31.1 Å². The second-order valence-corrected chi connectivity index (χ2v) is 4.52. The smallest absolute Gasteiger partial charge is 0.264 e. The van der Waals surface area contributed by atoms with Crippen molar-refractivity contribution in [2.75, 3.05) is 26.2 Å².